The standard InChI is InChI=1S/C13H18N2O4/c1-8-7-10(15-19-8)11(16)13(2,12(17)18)9-3-5-14-6-4-9/h7,9,14H,3-6H2,1-2H3,(H,17,18). The molecule has 0 spiro atoms. The quantitative estimate of drug-likeness (QED) is 0.629. The monoisotopic (exact) mass is 266 g/mol. The zero-order valence-corrected chi connectivity index (χ0v) is 11.1. The Bertz CT molecular complexity index is 491. The van der Waals surface area contributed by atoms with Gasteiger partial charge in [0.2, 0.25) is 5.78 Å². The van der Waals surface area contributed by atoms with E-state index in [1.807, 2.05) is 0 Å². The second-order valence-corrected chi connectivity index (χ2v) is 5.18. The maximum Gasteiger partial charge on any atom is 0.317 e. The highest BCUT2D eigenvalue weighted by atomic mass is 16.5. The number of aromatic nitrogens is 1. The molecule has 2 N–H and O–H groups in total. The molecule has 0 bridgehead atoms. The van der Waals surface area contributed by atoms with Gasteiger partial charge in [0.1, 0.15) is 11.2 Å². The molecule has 0 radical (unpaired) electrons. The summed E-state index contributed by atoms with van der Waals surface area (Å²) in [5.41, 5.74) is -1.34. The summed E-state index contributed by atoms with van der Waals surface area (Å²) in [5.74, 6) is -1.24. The van der Waals surface area contributed by atoms with Gasteiger partial charge in [0.15, 0.2) is 5.69 Å². The molecule has 6 heteroatoms. The van der Waals surface area contributed by atoms with Crippen LogP contribution in [0.4, 0.5) is 0 Å². The van der Waals surface area contributed by atoms with Crippen LogP contribution in [0.3, 0.4) is 0 Å². The lowest BCUT2D eigenvalue weighted by atomic mass is 9.69. The van der Waals surface area contributed by atoms with Gasteiger partial charge in [0.25, 0.3) is 0 Å². The van der Waals surface area contributed by atoms with Gasteiger partial charge in [-0.2, -0.15) is 0 Å². The zero-order chi connectivity index (χ0) is 14.0. The summed E-state index contributed by atoms with van der Waals surface area (Å²) in [5, 5.41) is 16.3. The molecule has 2 heterocycles. The Morgan fingerprint density at radius 1 is 1.47 bits per heavy atom. The highest BCUT2D eigenvalue weighted by Gasteiger charge is 2.49. The normalized spacial score (nSPS) is 19.9. The predicted molar refractivity (Wildman–Crippen MR) is 66.9 cm³/mol. The first-order valence-corrected chi connectivity index (χ1v) is 6.38. The summed E-state index contributed by atoms with van der Waals surface area (Å²) in [7, 11) is 0. The number of hydrogen-bond acceptors (Lipinski definition) is 5. The molecule has 1 fully saturated rings. The number of rotatable bonds is 4. The average Bonchev–Trinajstić information content (AvgIpc) is 2.84. The van der Waals surface area contributed by atoms with Crippen LogP contribution in [-0.2, 0) is 4.79 Å². The van der Waals surface area contributed by atoms with Crippen LogP contribution in [0.15, 0.2) is 10.6 Å². The van der Waals surface area contributed by atoms with Crippen molar-refractivity contribution in [1.82, 2.24) is 10.5 Å². The van der Waals surface area contributed by atoms with Crippen molar-refractivity contribution in [3.63, 3.8) is 0 Å². The van der Waals surface area contributed by atoms with Crippen molar-refractivity contribution < 1.29 is 19.2 Å². The first-order valence-electron chi connectivity index (χ1n) is 6.38. The number of nitrogens with zero attached hydrogens (tertiary/aromatic N) is 1. The lowest BCUT2D eigenvalue weighted by Gasteiger charge is -2.34. The Morgan fingerprint density at radius 2 is 2.11 bits per heavy atom. The number of hydrogen-bond donors (Lipinski definition) is 2. The lowest BCUT2D eigenvalue weighted by Crippen LogP contribution is -2.47. The van der Waals surface area contributed by atoms with Crippen molar-refractivity contribution in [2.75, 3.05) is 13.1 Å². The summed E-state index contributed by atoms with van der Waals surface area (Å²) >= 11 is 0. The number of carbonyl (C=O) groups excluding carboxylic acids is 1. The van der Waals surface area contributed by atoms with Crippen molar-refractivity contribution >= 4 is 11.8 Å². The highest BCUT2D eigenvalue weighted by Crippen LogP contribution is 2.37. The number of carboxylic acid groups (broad SMARTS) is 1. The van der Waals surface area contributed by atoms with Gasteiger partial charge in [0.05, 0.1) is 0 Å². The van der Waals surface area contributed by atoms with Gasteiger partial charge in [-0.1, -0.05) is 5.16 Å². The van der Waals surface area contributed by atoms with Crippen molar-refractivity contribution in [2.45, 2.75) is 26.7 Å². The highest BCUT2D eigenvalue weighted by molar-refractivity contribution is 6.11. The van der Waals surface area contributed by atoms with E-state index in [2.05, 4.69) is 10.5 Å². The Morgan fingerprint density at radius 3 is 2.58 bits per heavy atom. The van der Waals surface area contributed by atoms with Crippen molar-refractivity contribution in [2.24, 2.45) is 11.3 Å². The van der Waals surface area contributed by atoms with E-state index in [1.165, 1.54) is 13.0 Å². The van der Waals surface area contributed by atoms with Crippen LogP contribution in [0.1, 0.15) is 36.0 Å². The van der Waals surface area contributed by atoms with Crippen molar-refractivity contribution in [1.29, 1.82) is 0 Å². The fourth-order valence-corrected chi connectivity index (χ4v) is 2.60. The molecule has 1 aromatic rings. The maximum absolute atomic E-state index is 12.5. The van der Waals surface area contributed by atoms with E-state index in [9.17, 15) is 14.7 Å². The number of Topliss-reactive ketones (excluding diaryl/α,β-unsaturated/α-hetero) is 1. The topological polar surface area (TPSA) is 92.4 Å². The number of ketones is 1. The summed E-state index contributed by atoms with van der Waals surface area (Å²) < 4.78 is 4.87. The second kappa shape index (κ2) is 5.13. The van der Waals surface area contributed by atoms with Gasteiger partial charge in [-0.3, -0.25) is 9.59 Å². The number of carboxylic acids is 1. The third-order valence-electron chi connectivity index (χ3n) is 3.93. The van der Waals surface area contributed by atoms with Crippen LogP contribution >= 0.6 is 0 Å². The minimum atomic E-state index is -1.44. The van der Waals surface area contributed by atoms with E-state index in [1.54, 1.807) is 6.92 Å². The van der Waals surface area contributed by atoms with Gasteiger partial charge in [0, 0.05) is 6.07 Å². The molecule has 1 aromatic heterocycles. The van der Waals surface area contributed by atoms with E-state index in [0.29, 0.717) is 18.6 Å². The molecule has 19 heavy (non-hydrogen) atoms. The molecule has 1 unspecified atom stereocenters. The molecular formula is C13H18N2O4. The molecule has 0 aromatic carbocycles. The van der Waals surface area contributed by atoms with E-state index in [-0.39, 0.29) is 11.6 Å². The summed E-state index contributed by atoms with van der Waals surface area (Å²) in [6, 6.07) is 1.49. The zero-order valence-electron chi connectivity index (χ0n) is 11.1. The number of aryl methyl sites for hydroxylation is 1. The molecule has 0 amide bonds. The van der Waals surface area contributed by atoms with Crippen LogP contribution in [0.2, 0.25) is 0 Å². The first-order chi connectivity index (χ1) is 8.96. The molecule has 1 atom stereocenters. The van der Waals surface area contributed by atoms with Crippen LogP contribution in [-0.4, -0.2) is 35.1 Å². The smallest absolute Gasteiger partial charge is 0.317 e. The van der Waals surface area contributed by atoms with Crippen LogP contribution in [0.25, 0.3) is 0 Å². The molecule has 6 nitrogen and oxygen atoms in total. The Kier molecular flexibility index (Phi) is 3.71. The van der Waals surface area contributed by atoms with Crippen molar-refractivity contribution in [3.8, 4) is 0 Å². The van der Waals surface area contributed by atoms with E-state index in [4.69, 9.17) is 4.52 Å². The molecule has 1 saturated heterocycles. The largest absolute Gasteiger partial charge is 0.480 e. The summed E-state index contributed by atoms with van der Waals surface area (Å²) in [4.78, 5) is 24.1. The third kappa shape index (κ3) is 2.40. The average molecular weight is 266 g/mol. The first kappa shape index (κ1) is 13.7. The molecule has 2 rings (SSSR count). The van der Waals surface area contributed by atoms with Gasteiger partial charge in [-0.25, -0.2) is 0 Å². The Labute approximate surface area is 111 Å². The van der Waals surface area contributed by atoms with Crippen LogP contribution in [0, 0.1) is 18.3 Å². The minimum Gasteiger partial charge on any atom is -0.480 e. The molecule has 1 aliphatic rings. The number of aliphatic carboxylic acids is 1. The van der Waals surface area contributed by atoms with Gasteiger partial charge < -0.3 is 14.9 Å². The van der Waals surface area contributed by atoms with E-state index in [0.717, 1.165) is 13.1 Å². The van der Waals surface area contributed by atoms with Gasteiger partial charge >= 0.3 is 5.97 Å². The number of carbonyl (C=O) groups is 2. The SMILES string of the molecule is Cc1cc(C(=O)C(C)(C(=O)O)C2CCNCC2)no1. The van der Waals surface area contributed by atoms with Crippen molar-refractivity contribution in [3.05, 3.63) is 17.5 Å². The van der Waals surface area contributed by atoms with Gasteiger partial charge in [-0.15, -0.1) is 0 Å². The van der Waals surface area contributed by atoms with E-state index >= 15 is 0 Å². The molecule has 104 valence electrons. The van der Waals surface area contributed by atoms with Crippen LogP contribution in [0.5, 0.6) is 0 Å². The molecule has 0 saturated carbocycles. The fraction of sp³-hybridized carbons (Fsp3) is 0.615. The lowest BCUT2D eigenvalue weighted by molar-refractivity contribution is -0.148. The summed E-state index contributed by atoms with van der Waals surface area (Å²) in [6.07, 6.45) is 1.34. The predicted octanol–water partition coefficient (Wildman–Crippen LogP) is 1.26. The van der Waals surface area contributed by atoms with Crippen LogP contribution < -0.4 is 5.32 Å². The maximum atomic E-state index is 12.5. The third-order valence-corrected chi connectivity index (χ3v) is 3.93. The van der Waals surface area contributed by atoms with E-state index < -0.39 is 17.2 Å². The number of piperidine rings is 1. The minimum absolute atomic E-state index is 0.0981. The Hall–Kier alpha value is -1.69. The Balaban J connectivity index is 2.33. The number of nitrogens with one attached hydrogen (secondary N) is 1. The molecule has 1 aliphatic heterocycles. The molecule has 0 aliphatic carbocycles. The fourth-order valence-electron chi connectivity index (χ4n) is 2.60. The molecular weight excluding hydrogens is 248 g/mol. The van der Waals surface area contributed by atoms with Gasteiger partial charge in [-0.05, 0) is 45.7 Å². The summed E-state index contributed by atoms with van der Waals surface area (Å²) in [6.45, 7) is 4.64. The second-order valence-electron chi connectivity index (χ2n) is 5.18.